The highest BCUT2D eigenvalue weighted by Gasteiger charge is 2.14. The molecule has 0 bridgehead atoms. The highest BCUT2D eigenvalue weighted by molar-refractivity contribution is 5.85. The van der Waals surface area contributed by atoms with Gasteiger partial charge >= 0.3 is 5.63 Å². The number of unbranched alkanes of at least 4 members (excludes halogenated alkanes) is 7. The summed E-state index contributed by atoms with van der Waals surface area (Å²) in [6, 6.07) is 4.76. The molecule has 0 aliphatic rings. The monoisotopic (exact) mass is 392 g/mol. The van der Waals surface area contributed by atoms with Crippen LogP contribution in [0.5, 0.6) is 11.5 Å². The summed E-state index contributed by atoms with van der Waals surface area (Å²) in [5, 5.41) is 29.1. The number of hydrogen-bond acceptors (Lipinski definition) is 6. The molecule has 1 unspecified atom stereocenters. The van der Waals surface area contributed by atoms with E-state index in [2.05, 4.69) is 6.92 Å². The van der Waals surface area contributed by atoms with E-state index >= 15 is 0 Å². The first-order chi connectivity index (χ1) is 13.6. The van der Waals surface area contributed by atoms with Gasteiger partial charge in [-0.25, -0.2) is 4.79 Å². The Labute approximate surface area is 165 Å². The van der Waals surface area contributed by atoms with Crippen LogP contribution in [0.4, 0.5) is 0 Å². The van der Waals surface area contributed by atoms with Crippen molar-refractivity contribution in [3.63, 3.8) is 0 Å². The van der Waals surface area contributed by atoms with E-state index in [9.17, 15) is 15.0 Å². The molecular weight excluding hydrogens is 360 g/mol. The third-order valence-corrected chi connectivity index (χ3v) is 4.88. The van der Waals surface area contributed by atoms with Crippen molar-refractivity contribution in [2.45, 2.75) is 70.8 Å². The van der Waals surface area contributed by atoms with Crippen molar-refractivity contribution in [3.05, 3.63) is 34.2 Å². The molecule has 0 fully saturated rings. The molecule has 3 N–H and O–H groups in total. The van der Waals surface area contributed by atoms with Gasteiger partial charge in [-0.1, -0.05) is 51.9 Å². The van der Waals surface area contributed by atoms with E-state index < -0.39 is 18.3 Å². The third kappa shape index (κ3) is 6.53. The zero-order chi connectivity index (χ0) is 20.4. The summed E-state index contributed by atoms with van der Waals surface area (Å²) in [6.45, 7) is 1.73. The fourth-order valence-corrected chi connectivity index (χ4v) is 3.19. The van der Waals surface area contributed by atoms with E-state index in [1.165, 1.54) is 38.2 Å². The lowest BCUT2D eigenvalue weighted by molar-refractivity contribution is 0.0536. The molecule has 1 aromatic carbocycles. The Morgan fingerprint density at radius 2 is 1.75 bits per heavy atom. The molecule has 2 aromatic rings. The van der Waals surface area contributed by atoms with Crippen molar-refractivity contribution in [1.29, 1.82) is 0 Å². The first kappa shape index (κ1) is 22.2. The van der Waals surface area contributed by atoms with Crippen LogP contribution in [-0.4, -0.2) is 34.6 Å². The molecule has 156 valence electrons. The van der Waals surface area contributed by atoms with Crippen molar-refractivity contribution < 1.29 is 24.5 Å². The number of fused-ring (bicyclic) bond motifs is 1. The molecular formula is C22H32O6. The summed E-state index contributed by atoms with van der Waals surface area (Å²) in [5.41, 5.74) is 0.0292. The topological polar surface area (TPSA) is 100 Å². The van der Waals surface area contributed by atoms with E-state index in [0.29, 0.717) is 23.1 Å². The van der Waals surface area contributed by atoms with Gasteiger partial charge in [0.1, 0.15) is 29.8 Å². The number of aliphatic hydroxyl groups excluding tert-OH is 2. The van der Waals surface area contributed by atoms with Gasteiger partial charge in [-0.05, 0) is 25.0 Å². The Balaban J connectivity index is 1.95. The predicted octanol–water partition coefficient (Wildman–Crippen LogP) is 3.91. The van der Waals surface area contributed by atoms with E-state index in [1.54, 1.807) is 12.1 Å². The molecule has 2 rings (SSSR count). The summed E-state index contributed by atoms with van der Waals surface area (Å²) >= 11 is 0. The van der Waals surface area contributed by atoms with Crippen LogP contribution >= 0.6 is 0 Å². The van der Waals surface area contributed by atoms with Crippen LogP contribution in [-0.2, 0) is 6.42 Å². The van der Waals surface area contributed by atoms with Crippen LogP contribution in [0.3, 0.4) is 0 Å². The molecule has 1 aromatic heterocycles. The largest absolute Gasteiger partial charge is 0.507 e. The minimum Gasteiger partial charge on any atom is -0.507 e. The minimum absolute atomic E-state index is 0.0314. The molecule has 1 heterocycles. The Morgan fingerprint density at radius 1 is 1.07 bits per heavy atom. The van der Waals surface area contributed by atoms with Gasteiger partial charge in [0.05, 0.1) is 17.6 Å². The van der Waals surface area contributed by atoms with Gasteiger partial charge in [0.15, 0.2) is 0 Å². The molecule has 0 saturated heterocycles. The van der Waals surface area contributed by atoms with E-state index in [0.717, 1.165) is 19.3 Å². The van der Waals surface area contributed by atoms with Crippen molar-refractivity contribution in [2.24, 2.45) is 0 Å². The predicted molar refractivity (Wildman–Crippen MR) is 109 cm³/mol. The van der Waals surface area contributed by atoms with Gasteiger partial charge in [-0.3, -0.25) is 0 Å². The van der Waals surface area contributed by atoms with Gasteiger partial charge in [0, 0.05) is 6.07 Å². The Morgan fingerprint density at radius 3 is 2.43 bits per heavy atom. The van der Waals surface area contributed by atoms with Crippen molar-refractivity contribution >= 4 is 11.0 Å². The molecule has 6 nitrogen and oxygen atoms in total. The average molecular weight is 392 g/mol. The van der Waals surface area contributed by atoms with Crippen molar-refractivity contribution in [2.75, 3.05) is 13.2 Å². The second-order valence-electron chi connectivity index (χ2n) is 7.25. The molecule has 6 heteroatoms. The molecule has 0 radical (unpaired) electrons. The van der Waals surface area contributed by atoms with Crippen LogP contribution in [0, 0.1) is 0 Å². The SMILES string of the molecule is CCCCCCCCCCc1c(O)c2ccc(OCC(O)CO)cc2oc1=O. The lowest BCUT2D eigenvalue weighted by Crippen LogP contribution is -2.21. The molecule has 0 spiro atoms. The minimum atomic E-state index is -0.981. The highest BCUT2D eigenvalue weighted by Crippen LogP contribution is 2.30. The summed E-state index contributed by atoms with van der Waals surface area (Å²) < 4.78 is 10.7. The van der Waals surface area contributed by atoms with Crippen molar-refractivity contribution in [3.8, 4) is 11.5 Å². The highest BCUT2D eigenvalue weighted by atomic mass is 16.5. The number of aliphatic hydroxyl groups is 2. The molecule has 28 heavy (non-hydrogen) atoms. The number of benzene rings is 1. The summed E-state index contributed by atoms with van der Waals surface area (Å²) in [4.78, 5) is 12.3. The van der Waals surface area contributed by atoms with Gasteiger partial charge in [-0.15, -0.1) is 0 Å². The number of ether oxygens (including phenoxy) is 1. The maximum atomic E-state index is 12.3. The summed E-state index contributed by atoms with van der Waals surface area (Å²) in [7, 11) is 0. The zero-order valence-corrected chi connectivity index (χ0v) is 16.7. The fraction of sp³-hybridized carbons (Fsp3) is 0.591. The first-order valence-electron chi connectivity index (χ1n) is 10.3. The second-order valence-corrected chi connectivity index (χ2v) is 7.25. The maximum absolute atomic E-state index is 12.3. The Hall–Kier alpha value is -2.05. The smallest absolute Gasteiger partial charge is 0.343 e. The second kappa shape index (κ2) is 11.7. The van der Waals surface area contributed by atoms with Gasteiger partial charge in [0.25, 0.3) is 0 Å². The van der Waals surface area contributed by atoms with Crippen LogP contribution in [0.2, 0.25) is 0 Å². The van der Waals surface area contributed by atoms with Crippen molar-refractivity contribution in [1.82, 2.24) is 0 Å². The van der Waals surface area contributed by atoms with E-state index in [4.69, 9.17) is 14.3 Å². The molecule has 0 aliphatic carbocycles. The van der Waals surface area contributed by atoms with Crippen LogP contribution < -0.4 is 10.4 Å². The lowest BCUT2D eigenvalue weighted by atomic mass is 10.0. The van der Waals surface area contributed by atoms with Gasteiger partial charge in [0.2, 0.25) is 0 Å². The third-order valence-electron chi connectivity index (χ3n) is 4.88. The van der Waals surface area contributed by atoms with E-state index in [-0.39, 0.29) is 17.9 Å². The summed E-state index contributed by atoms with van der Waals surface area (Å²) in [6.07, 6.45) is 8.84. The Kier molecular flexibility index (Phi) is 9.31. The standard InChI is InChI=1S/C22H32O6/c1-2-3-4-5-6-7-8-9-10-19-21(25)18-12-11-17(27-15-16(24)14-23)13-20(18)28-22(19)26/h11-13,16,23-25H,2-10,14-15H2,1H3. The van der Waals surface area contributed by atoms with Crippen LogP contribution in [0.15, 0.2) is 27.4 Å². The fourth-order valence-electron chi connectivity index (χ4n) is 3.19. The van der Waals surface area contributed by atoms with Crippen LogP contribution in [0.1, 0.15) is 63.9 Å². The quantitative estimate of drug-likeness (QED) is 0.353. The van der Waals surface area contributed by atoms with Gasteiger partial charge < -0.3 is 24.5 Å². The molecule has 1 atom stereocenters. The maximum Gasteiger partial charge on any atom is 0.343 e. The van der Waals surface area contributed by atoms with Crippen LogP contribution in [0.25, 0.3) is 11.0 Å². The average Bonchev–Trinajstić information content (AvgIpc) is 2.69. The first-order valence-corrected chi connectivity index (χ1v) is 10.3. The summed E-state index contributed by atoms with van der Waals surface area (Å²) in [5.74, 6) is 0.356. The number of aromatic hydroxyl groups is 1. The van der Waals surface area contributed by atoms with E-state index in [1.807, 2.05) is 0 Å². The van der Waals surface area contributed by atoms with Gasteiger partial charge in [-0.2, -0.15) is 0 Å². The number of hydrogen-bond donors (Lipinski definition) is 3. The Bertz CT molecular complexity index is 782. The molecule has 0 aliphatic heterocycles. The normalized spacial score (nSPS) is 12.4. The molecule has 0 amide bonds. The lowest BCUT2D eigenvalue weighted by Gasteiger charge is -2.11. The molecule has 0 saturated carbocycles. The zero-order valence-electron chi connectivity index (χ0n) is 16.7. The number of rotatable bonds is 13.